The standard InChI is InChI=1S/C13H19Br/c1-4-5-11-6-8-12(9-7-11)13(14)10(2)3/h6-10,13H,4-5H2,1-3H3. The number of hydrogen-bond acceptors (Lipinski definition) is 0. The van der Waals surface area contributed by atoms with Gasteiger partial charge in [0.25, 0.3) is 0 Å². The molecule has 0 nitrogen and oxygen atoms in total. The Kier molecular flexibility index (Phi) is 4.67. The minimum absolute atomic E-state index is 0.484. The fourth-order valence-corrected chi connectivity index (χ4v) is 1.85. The number of alkyl halides is 1. The van der Waals surface area contributed by atoms with Crippen molar-refractivity contribution >= 4 is 15.9 Å². The van der Waals surface area contributed by atoms with E-state index in [4.69, 9.17) is 0 Å². The molecule has 0 radical (unpaired) electrons. The lowest BCUT2D eigenvalue weighted by molar-refractivity contribution is 0.641. The molecule has 0 heterocycles. The van der Waals surface area contributed by atoms with Crippen molar-refractivity contribution in [1.29, 1.82) is 0 Å². The molecule has 1 aromatic rings. The highest BCUT2D eigenvalue weighted by Gasteiger charge is 2.10. The van der Waals surface area contributed by atoms with E-state index in [0.717, 1.165) is 0 Å². The van der Waals surface area contributed by atoms with Gasteiger partial charge in [0.2, 0.25) is 0 Å². The zero-order valence-electron chi connectivity index (χ0n) is 9.26. The molecule has 78 valence electrons. The third-order valence-electron chi connectivity index (χ3n) is 2.42. The van der Waals surface area contributed by atoms with Gasteiger partial charge >= 0.3 is 0 Å². The van der Waals surface area contributed by atoms with Gasteiger partial charge in [0.05, 0.1) is 0 Å². The number of hydrogen-bond donors (Lipinski definition) is 0. The Hall–Kier alpha value is -0.300. The molecule has 0 aromatic heterocycles. The minimum Gasteiger partial charge on any atom is -0.0836 e. The predicted octanol–water partition coefficient (Wildman–Crippen LogP) is 4.73. The molecule has 0 amide bonds. The molecule has 0 bridgehead atoms. The van der Waals surface area contributed by atoms with E-state index in [1.165, 1.54) is 24.0 Å². The highest BCUT2D eigenvalue weighted by atomic mass is 79.9. The molecule has 0 spiro atoms. The first-order chi connectivity index (χ1) is 6.65. The van der Waals surface area contributed by atoms with E-state index in [2.05, 4.69) is 61.0 Å². The maximum absolute atomic E-state index is 3.71. The summed E-state index contributed by atoms with van der Waals surface area (Å²) >= 11 is 3.71. The van der Waals surface area contributed by atoms with Crippen molar-refractivity contribution in [2.45, 2.75) is 38.4 Å². The van der Waals surface area contributed by atoms with Crippen molar-refractivity contribution in [2.75, 3.05) is 0 Å². The second-order valence-electron chi connectivity index (χ2n) is 4.14. The van der Waals surface area contributed by atoms with Gasteiger partial charge in [-0.2, -0.15) is 0 Å². The monoisotopic (exact) mass is 254 g/mol. The van der Waals surface area contributed by atoms with Gasteiger partial charge in [-0.05, 0) is 23.5 Å². The number of benzene rings is 1. The van der Waals surface area contributed by atoms with Crippen molar-refractivity contribution in [1.82, 2.24) is 0 Å². The van der Waals surface area contributed by atoms with E-state index in [1.54, 1.807) is 0 Å². The second kappa shape index (κ2) is 5.55. The molecule has 1 aromatic carbocycles. The maximum atomic E-state index is 3.71. The summed E-state index contributed by atoms with van der Waals surface area (Å²) in [5.74, 6) is 0.645. The van der Waals surface area contributed by atoms with Crippen LogP contribution in [0.4, 0.5) is 0 Å². The van der Waals surface area contributed by atoms with Crippen LogP contribution in [0.15, 0.2) is 24.3 Å². The molecule has 0 saturated heterocycles. The minimum atomic E-state index is 0.484. The van der Waals surface area contributed by atoms with Crippen LogP contribution < -0.4 is 0 Å². The van der Waals surface area contributed by atoms with Crippen LogP contribution in [-0.2, 0) is 6.42 Å². The Morgan fingerprint density at radius 3 is 2.14 bits per heavy atom. The van der Waals surface area contributed by atoms with Gasteiger partial charge in [-0.3, -0.25) is 0 Å². The lowest BCUT2D eigenvalue weighted by Gasteiger charge is -2.14. The van der Waals surface area contributed by atoms with Crippen LogP contribution in [0.5, 0.6) is 0 Å². The molecule has 0 fully saturated rings. The fourth-order valence-electron chi connectivity index (χ4n) is 1.54. The summed E-state index contributed by atoms with van der Waals surface area (Å²) < 4.78 is 0. The number of halogens is 1. The molecule has 0 aliphatic heterocycles. The second-order valence-corrected chi connectivity index (χ2v) is 5.12. The Bertz CT molecular complexity index is 261. The van der Waals surface area contributed by atoms with E-state index in [9.17, 15) is 0 Å². The Morgan fingerprint density at radius 1 is 1.14 bits per heavy atom. The molecule has 1 heteroatoms. The zero-order chi connectivity index (χ0) is 10.6. The van der Waals surface area contributed by atoms with E-state index in [0.29, 0.717) is 10.7 Å². The van der Waals surface area contributed by atoms with E-state index in [-0.39, 0.29) is 0 Å². The molecule has 1 unspecified atom stereocenters. The van der Waals surface area contributed by atoms with Gasteiger partial charge in [-0.15, -0.1) is 0 Å². The van der Waals surface area contributed by atoms with Crippen LogP contribution in [0.25, 0.3) is 0 Å². The van der Waals surface area contributed by atoms with Crippen LogP contribution in [-0.4, -0.2) is 0 Å². The van der Waals surface area contributed by atoms with Crippen molar-refractivity contribution < 1.29 is 0 Å². The molecule has 0 N–H and O–H groups in total. The quantitative estimate of drug-likeness (QED) is 0.682. The van der Waals surface area contributed by atoms with E-state index >= 15 is 0 Å². The summed E-state index contributed by atoms with van der Waals surface area (Å²) in [4.78, 5) is 0.484. The summed E-state index contributed by atoms with van der Waals surface area (Å²) in [7, 11) is 0. The summed E-state index contributed by atoms with van der Waals surface area (Å²) in [6, 6.07) is 8.97. The first kappa shape index (κ1) is 11.8. The van der Waals surface area contributed by atoms with Crippen molar-refractivity contribution in [3.8, 4) is 0 Å². The highest BCUT2D eigenvalue weighted by molar-refractivity contribution is 9.09. The Labute approximate surface area is 95.9 Å². The normalized spacial score (nSPS) is 13.2. The van der Waals surface area contributed by atoms with Crippen LogP contribution in [0, 0.1) is 5.92 Å². The first-order valence-electron chi connectivity index (χ1n) is 5.38. The highest BCUT2D eigenvalue weighted by Crippen LogP contribution is 2.30. The topological polar surface area (TPSA) is 0 Å². The summed E-state index contributed by atoms with van der Waals surface area (Å²) in [5.41, 5.74) is 2.83. The van der Waals surface area contributed by atoms with Gasteiger partial charge in [-0.1, -0.05) is 67.4 Å². The molecule has 1 rings (SSSR count). The smallest absolute Gasteiger partial charge is 0.0418 e. The third kappa shape index (κ3) is 3.13. The summed E-state index contributed by atoms with van der Waals surface area (Å²) in [5, 5.41) is 0. The van der Waals surface area contributed by atoms with Crippen molar-refractivity contribution in [2.24, 2.45) is 5.92 Å². The zero-order valence-corrected chi connectivity index (χ0v) is 10.8. The average molecular weight is 255 g/mol. The number of rotatable bonds is 4. The molecule has 1 atom stereocenters. The van der Waals surface area contributed by atoms with E-state index < -0.39 is 0 Å². The van der Waals surface area contributed by atoms with Gasteiger partial charge in [0.15, 0.2) is 0 Å². The van der Waals surface area contributed by atoms with Gasteiger partial charge in [-0.25, -0.2) is 0 Å². The van der Waals surface area contributed by atoms with Crippen molar-refractivity contribution in [3.63, 3.8) is 0 Å². The average Bonchev–Trinajstić information content (AvgIpc) is 2.18. The summed E-state index contributed by atoms with van der Waals surface area (Å²) in [6.07, 6.45) is 2.41. The Balaban J connectivity index is 2.72. The lowest BCUT2D eigenvalue weighted by atomic mass is 10.0. The maximum Gasteiger partial charge on any atom is 0.0418 e. The first-order valence-corrected chi connectivity index (χ1v) is 6.29. The molecule has 0 aliphatic rings. The van der Waals surface area contributed by atoms with Crippen LogP contribution in [0.2, 0.25) is 0 Å². The molecule has 14 heavy (non-hydrogen) atoms. The van der Waals surface area contributed by atoms with Crippen LogP contribution >= 0.6 is 15.9 Å². The molecule has 0 aliphatic carbocycles. The van der Waals surface area contributed by atoms with Gasteiger partial charge in [0.1, 0.15) is 0 Å². The Morgan fingerprint density at radius 2 is 1.71 bits per heavy atom. The van der Waals surface area contributed by atoms with E-state index in [1.807, 2.05) is 0 Å². The van der Waals surface area contributed by atoms with Crippen LogP contribution in [0.3, 0.4) is 0 Å². The number of aryl methyl sites for hydroxylation is 1. The SMILES string of the molecule is CCCc1ccc(C(Br)C(C)C)cc1. The summed E-state index contributed by atoms with van der Waals surface area (Å²) in [6.45, 7) is 6.69. The third-order valence-corrected chi connectivity index (χ3v) is 4.01. The predicted molar refractivity (Wildman–Crippen MR) is 66.9 cm³/mol. The van der Waals surface area contributed by atoms with Crippen molar-refractivity contribution in [3.05, 3.63) is 35.4 Å². The lowest BCUT2D eigenvalue weighted by Crippen LogP contribution is -1.98. The van der Waals surface area contributed by atoms with Gasteiger partial charge < -0.3 is 0 Å². The molecule has 0 saturated carbocycles. The van der Waals surface area contributed by atoms with Gasteiger partial charge in [0, 0.05) is 4.83 Å². The molecular weight excluding hydrogens is 236 g/mol. The molecular formula is C13H19Br. The fraction of sp³-hybridized carbons (Fsp3) is 0.538. The largest absolute Gasteiger partial charge is 0.0836 e. The van der Waals surface area contributed by atoms with Crippen LogP contribution in [0.1, 0.15) is 43.1 Å².